The molecule has 4 aliphatic heterocycles. The molecule has 0 aromatic heterocycles. The van der Waals surface area contributed by atoms with Crippen LogP contribution >= 0.6 is 43.6 Å². The molecular weight excluding hydrogens is 699 g/mol. The first kappa shape index (κ1) is 25.4. The Kier molecular flexibility index (Phi) is 6.58. The first-order valence-corrected chi connectivity index (χ1v) is 19.8. The Morgan fingerprint density at radius 3 is 1.45 bits per heavy atom. The average molecular weight is 724 g/mol. The Morgan fingerprint density at radius 2 is 1.05 bits per heavy atom. The van der Waals surface area contributed by atoms with Gasteiger partial charge >= 0.3 is 252 Å². The van der Waals surface area contributed by atoms with Crippen LogP contribution in [-0.2, 0) is 26.8 Å². The van der Waals surface area contributed by atoms with Gasteiger partial charge in [0, 0.05) is 0 Å². The van der Waals surface area contributed by atoms with Gasteiger partial charge in [0.05, 0.1) is 0 Å². The van der Waals surface area contributed by atoms with Gasteiger partial charge in [-0.1, -0.05) is 0 Å². The summed E-state index contributed by atoms with van der Waals surface area (Å²) >= 11 is 5.61. The molecule has 0 amide bonds. The molecule has 6 aliphatic rings. The van der Waals surface area contributed by atoms with Crippen molar-refractivity contribution in [2.24, 2.45) is 0 Å². The SMILES string of the molecule is C[O][Zr]1([O]C)[CH]2C(c3ccccc3)=Cc3cc(cc(Br)c32)Sc2cc(Br)c3c(c2)C=C(c2ccccc2)[CH]31. The van der Waals surface area contributed by atoms with Gasteiger partial charge in [0.1, 0.15) is 0 Å². The van der Waals surface area contributed by atoms with Gasteiger partial charge in [-0.25, -0.2) is 0 Å². The van der Waals surface area contributed by atoms with Gasteiger partial charge in [-0.3, -0.25) is 0 Å². The molecule has 0 fully saturated rings. The van der Waals surface area contributed by atoms with Gasteiger partial charge in [0.15, 0.2) is 0 Å². The van der Waals surface area contributed by atoms with Gasteiger partial charge in [0.2, 0.25) is 0 Å². The van der Waals surface area contributed by atoms with E-state index in [2.05, 4.69) is 129 Å². The van der Waals surface area contributed by atoms with E-state index in [1.54, 1.807) is 11.8 Å². The first-order valence-electron chi connectivity index (χ1n) is 12.5. The molecule has 2 unspecified atom stereocenters. The Hall–Kier alpha value is -1.53. The van der Waals surface area contributed by atoms with Crippen LogP contribution in [0.1, 0.15) is 40.6 Å². The Morgan fingerprint density at radius 1 is 0.632 bits per heavy atom. The molecule has 6 heteroatoms. The molecule has 0 N–H and O–H groups in total. The fourth-order valence-electron chi connectivity index (χ4n) is 6.46. The van der Waals surface area contributed by atoms with Crippen LogP contribution in [0.25, 0.3) is 23.3 Å². The minimum atomic E-state index is -4.21. The molecule has 0 radical (unpaired) electrons. The van der Waals surface area contributed by atoms with Crippen LogP contribution in [0, 0.1) is 0 Å². The quantitative estimate of drug-likeness (QED) is 0.209. The number of allylic oxidation sites excluding steroid dienone is 2. The summed E-state index contributed by atoms with van der Waals surface area (Å²) in [7, 11) is 3.76. The van der Waals surface area contributed by atoms with E-state index in [1.165, 1.54) is 54.3 Å². The van der Waals surface area contributed by atoms with E-state index in [4.69, 9.17) is 5.63 Å². The van der Waals surface area contributed by atoms with Crippen molar-refractivity contribution in [2.45, 2.75) is 17.0 Å². The van der Waals surface area contributed by atoms with E-state index in [0.29, 0.717) is 0 Å². The van der Waals surface area contributed by atoms with Crippen molar-refractivity contribution >= 4 is 66.9 Å². The van der Waals surface area contributed by atoms with Gasteiger partial charge in [0.25, 0.3) is 0 Å². The van der Waals surface area contributed by atoms with Crippen molar-refractivity contribution in [2.75, 3.05) is 14.2 Å². The molecule has 2 nitrogen and oxygen atoms in total. The molecule has 188 valence electrons. The molecule has 4 aromatic carbocycles. The third-order valence-electron chi connectivity index (χ3n) is 7.98. The normalized spacial score (nSPS) is 20.2. The van der Waals surface area contributed by atoms with Gasteiger partial charge in [-0.15, -0.1) is 0 Å². The molecule has 4 aromatic rings. The van der Waals surface area contributed by atoms with Crippen LogP contribution in [0.4, 0.5) is 0 Å². The Bertz CT molecular complexity index is 1530. The van der Waals surface area contributed by atoms with E-state index < -0.39 is 21.1 Å². The maximum atomic E-state index is 6.89. The summed E-state index contributed by atoms with van der Waals surface area (Å²) in [6, 6.07) is 30.7. The van der Waals surface area contributed by atoms with Crippen molar-refractivity contribution < 1.29 is 26.8 Å². The maximum absolute atomic E-state index is 6.89. The summed E-state index contributed by atoms with van der Waals surface area (Å²) in [6.45, 7) is 0. The molecule has 0 saturated heterocycles. The number of halogens is 2. The number of hydrogen-bond donors (Lipinski definition) is 0. The van der Waals surface area contributed by atoms with Gasteiger partial charge in [-0.2, -0.15) is 0 Å². The van der Waals surface area contributed by atoms with Gasteiger partial charge in [-0.05, 0) is 0 Å². The van der Waals surface area contributed by atoms with Crippen LogP contribution < -0.4 is 0 Å². The fraction of sp³-hybridized carbons (Fsp3) is 0.125. The second-order valence-corrected chi connectivity index (χ2v) is 21.1. The van der Waals surface area contributed by atoms with E-state index in [1.807, 2.05) is 14.2 Å². The molecule has 2 atom stereocenters. The van der Waals surface area contributed by atoms with Crippen molar-refractivity contribution in [3.63, 3.8) is 0 Å². The average Bonchev–Trinajstić information content (AvgIpc) is 3.52. The monoisotopic (exact) mass is 720 g/mol. The van der Waals surface area contributed by atoms with Gasteiger partial charge < -0.3 is 0 Å². The summed E-state index contributed by atoms with van der Waals surface area (Å²) in [5.41, 5.74) is 10.1. The second kappa shape index (κ2) is 9.83. The van der Waals surface area contributed by atoms with Crippen LogP contribution in [-0.4, -0.2) is 14.2 Å². The van der Waals surface area contributed by atoms with Crippen LogP contribution in [0.15, 0.2) is 104 Å². The van der Waals surface area contributed by atoms with Crippen molar-refractivity contribution in [3.05, 3.63) is 127 Å². The van der Waals surface area contributed by atoms with Crippen molar-refractivity contribution in [1.29, 1.82) is 0 Å². The van der Waals surface area contributed by atoms with Crippen LogP contribution in [0.5, 0.6) is 0 Å². The number of rotatable bonds is 4. The Labute approximate surface area is 250 Å². The van der Waals surface area contributed by atoms with E-state index >= 15 is 0 Å². The molecule has 4 heterocycles. The number of benzene rings is 4. The molecular formula is C32H24Br2O2SZr. The molecule has 38 heavy (non-hydrogen) atoms. The molecule has 8 bridgehead atoms. The molecule has 0 spiro atoms. The standard InChI is InChI=1S/C30H18Br2S.2CH3O.Zr/c31-29-17-25(13-23-11-21(15-27(23)29)19-7-3-1-4-8-19)33-26-14-24-12-22(16-28(24)30(32)18-26)20-9-5-2-6-10-20;2*1-2;/h1-18H;2*1H3;/q;2*-1;+2. The van der Waals surface area contributed by atoms with Crippen molar-refractivity contribution in [3.8, 4) is 0 Å². The van der Waals surface area contributed by atoms with Crippen molar-refractivity contribution in [1.82, 2.24) is 0 Å². The van der Waals surface area contributed by atoms with Crippen LogP contribution in [0.3, 0.4) is 0 Å². The topological polar surface area (TPSA) is 18.5 Å². The Balaban J connectivity index is 1.59. The number of hydrogen-bond acceptors (Lipinski definition) is 3. The zero-order valence-electron chi connectivity index (χ0n) is 20.9. The van der Waals surface area contributed by atoms with Crippen LogP contribution in [0.2, 0.25) is 0 Å². The molecule has 0 saturated carbocycles. The zero-order valence-corrected chi connectivity index (χ0v) is 27.3. The third-order valence-corrected chi connectivity index (χ3v) is 20.3. The fourth-order valence-corrected chi connectivity index (χ4v) is 20.7. The molecule has 10 rings (SSSR count). The van der Waals surface area contributed by atoms with E-state index in [0.717, 1.165) is 8.95 Å². The summed E-state index contributed by atoms with van der Waals surface area (Å²) in [5.74, 6) is 0. The zero-order chi connectivity index (χ0) is 26.0. The first-order chi connectivity index (χ1) is 18.5. The summed E-state index contributed by atoms with van der Waals surface area (Å²) < 4.78 is 16.1. The summed E-state index contributed by atoms with van der Waals surface area (Å²) in [5, 5.41) is 0. The molecule has 2 aliphatic carbocycles. The summed E-state index contributed by atoms with van der Waals surface area (Å²) in [6.07, 6.45) is 4.75. The second-order valence-electron chi connectivity index (χ2n) is 9.85. The predicted molar refractivity (Wildman–Crippen MR) is 161 cm³/mol. The predicted octanol–water partition coefficient (Wildman–Crippen LogP) is 9.84. The summed E-state index contributed by atoms with van der Waals surface area (Å²) in [4.78, 5) is 2.43. The van der Waals surface area contributed by atoms with E-state index in [-0.39, 0.29) is 7.25 Å². The third kappa shape index (κ3) is 3.83. The van der Waals surface area contributed by atoms with E-state index in [9.17, 15) is 0 Å². The minimum absolute atomic E-state index is 0.0270.